The zero-order chi connectivity index (χ0) is 13.7. The van der Waals surface area contributed by atoms with E-state index < -0.39 is 5.97 Å². The Balaban J connectivity index is 1.87. The van der Waals surface area contributed by atoms with Crippen molar-refractivity contribution in [3.8, 4) is 0 Å². The third-order valence-corrected chi connectivity index (χ3v) is 3.25. The Morgan fingerprint density at radius 2 is 2.47 bits per heavy atom. The van der Waals surface area contributed by atoms with Gasteiger partial charge in [0, 0.05) is 19.3 Å². The van der Waals surface area contributed by atoms with Gasteiger partial charge in [0.05, 0.1) is 13.3 Å². The third kappa shape index (κ3) is 3.19. The van der Waals surface area contributed by atoms with Crippen LogP contribution >= 0.6 is 11.5 Å². The van der Waals surface area contributed by atoms with Crippen LogP contribution in [0.25, 0.3) is 0 Å². The number of hydrogen-bond acceptors (Lipinski definition) is 8. The molecule has 0 unspecified atom stereocenters. The molecule has 0 spiro atoms. The van der Waals surface area contributed by atoms with E-state index in [1.54, 1.807) is 17.1 Å². The number of aryl methyl sites for hydroxylation is 1. The Hall–Kier alpha value is -2.16. The van der Waals surface area contributed by atoms with E-state index in [0.29, 0.717) is 17.1 Å². The van der Waals surface area contributed by atoms with E-state index >= 15 is 0 Å². The van der Waals surface area contributed by atoms with E-state index in [2.05, 4.69) is 24.7 Å². The maximum absolute atomic E-state index is 11.5. The Labute approximate surface area is 113 Å². The first-order chi connectivity index (χ1) is 9.22. The van der Waals surface area contributed by atoms with Crippen LogP contribution in [0.2, 0.25) is 0 Å². The minimum Gasteiger partial charge on any atom is -0.465 e. The zero-order valence-electron chi connectivity index (χ0n) is 10.4. The second kappa shape index (κ2) is 6.14. The van der Waals surface area contributed by atoms with Crippen molar-refractivity contribution in [3.05, 3.63) is 18.0 Å². The first-order valence-electron chi connectivity index (χ1n) is 5.63. The highest BCUT2D eigenvalue weighted by atomic mass is 32.1. The number of methoxy groups -OCH3 is 1. The van der Waals surface area contributed by atoms with Gasteiger partial charge in [0.2, 0.25) is 0 Å². The van der Waals surface area contributed by atoms with Crippen LogP contribution < -0.4 is 11.1 Å². The van der Waals surface area contributed by atoms with Crippen molar-refractivity contribution in [2.75, 3.05) is 24.7 Å². The number of esters is 1. The van der Waals surface area contributed by atoms with Gasteiger partial charge in [-0.1, -0.05) is 5.21 Å². The summed E-state index contributed by atoms with van der Waals surface area (Å²) in [5.41, 5.74) is 5.93. The van der Waals surface area contributed by atoms with Gasteiger partial charge in [0.1, 0.15) is 10.6 Å². The summed E-state index contributed by atoms with van der Waals surface area (Å²) in [7, 11) is 1.31. The minimum atomic E-state index is -0.481. The van der Waals surface area contributed by atoms with E-state index in [1.807, 2.05) is 0 Å². The van der Waals surface area contributed by atoms with Gasteiger partial charge in [-0.05, 0) is 18.0 Å². The summed E-state index contributed by atoms with van der Waals surface area (Å²) in [4.78, 5) is 11.5. The predicted molar refractivity (Wildman–Crippen MR) is 71.0 cm³/mol. The van der Waals surface area contributed by atoms with Gasteiger partial charge in [-0.25, -0.2) is 4.79 Å². The number of carbonyl (C=O) groups excluding carboxylic acids is 1. The molecule has 0 bridgehead atoms. The number of carbonyl (C=O) groups is 1. The van der Waals surface area contributed by atoms with Gasteiger partial charge in [0.25, 0.3) is 0 Å². The third-order valence-electron chi connectivity index (χ3n) is 2.43. The lowest BCUT2D eigenvalue weighted by Gasteiger charge is -2.05. The van der Waals surface area contributed by atoms with Crippen molar-refractivity contribution >= 4 is 28.3 Å². The number of rotatable bonds is 6. The summed E-state index contributed by atoms with van der Waals surface area (Å²) in [6, 6.07) is 0. The van der Waals surface area contributed by atoms with Gasteiger partial charge in [-0.3, -0.25) is 4.68 Å². The van der Waals surface area contributed by atoms with E-state index in [9.17, 15) is 4.79 Å². The molecule has 3 N–H and O–H groups in total. The molecule has 102 valence electrons. The molecule has 0 aliphatic heterocycles. The SMILES string of the molecule is COC(=O)c1c(N)nsc1NCCCn1ccnn1. The monoisotopic (exact) mass is 282 g/mol. The summed E-state index contributed by atoms with van der Waals surface area (Å²) < 4.78 is 10.3. The summed E-state index contributed by atoms with van der Waals surface area (Å²) >= 11 is 1.15. The van der Waals surface area contributed by atoms with Crippen molar-refractivity contribution in [1.82, 2.24) is 19.4 Å². The van der Waals surface area contributed by atoms with Crippen molar-refractivity contribution in [3.63, 3.8) is 0 Å². The average molecular weight is 282 g/mol. The van der Waals surface area contributed by atoms with Crippen LogP contribution in [-0.4, -0.2) is 39.0 Å². The normalized spacial score (nSPS) is 10.4. The van der Waals surface area contributed by atoms with E-state index in [0.717, 1.165) is 24.5 Å². The Morgan fingerprint density at radius 1 is 1.63 bits per heavy atom. The Bertz CT molecular complexity index is 538. The second-order valence-corrected chi connectivity index (χ2v) is 4.48. The smallest absolute Gasteiger partial charge is 0.344 e. The number of nitrogens with zero attached hydrogens (tertiary/aromatic N) is 4. The molecule has 0 saturated heterocycles. The number of ether oxygens (including phenoxy) is 1. The molecule has 0 aromatic carbocycles. The first kappa shape index (κ1) is 13.3. The Kier molecular flexibility index (Phi) is 4.29. The molecule has 0 saturated carbocycles. The van der Waals surface area contributed by atoms with E-state index in [-0.39, 0.29) is 5.82 Å². The topological polar surface area (TPSA) is 108 Å². The fourth-order valence-corrected chi connectivity index (χ4v) is 2.24. The minimum absolute atomic E-state index is 0.190. The fraction of sp³-hybridized carbons (Fsp3) is 0.400. The standard InChI is InChI=1S/C10H14N6O2S/c1-18-10(17)7-8(11)14-19-9(7)12-3-2-5-16-6-4-13-15-16/h4,6,12H,2-3,5H2,1H3,(H2,11,14). The second-order valence-electron chi connectivity index (χ2n) is 3.71. The molecule has 0 aliphatic rings. The molecule has 2 heterocycles. The molecule has 0 aliphatic carbocycles. The molecule has 0 amide bonds. The number of hydrogen-bond donors (Lipinski definition) is 2. The highest BCUT2D eigenvalue weighted by molar-refractivity contribution is 7.11. The van der Waals surface area contributed by atoms with Crippen molar-refractivity contribution in [2.24, 2.45) is 0 Å². The molecule has 8 nitrogen and oxygen atoms in total. The summed E-state index contributed by atoms with van der Waals surface area (Å²) in [5.74, 6) is -0.291. The largest absolute Gasteiger partial charge is 0.465 e. The summed E-state index contributed by atoms with van der Waals surface area (Å²) in [6.07, 6.45) is 4.26. The molecule has 19 heavy (non-hydrogen) atoms. The van der Waals surface area contributed by atoms with Crippen LogP contribution in [0.3, 0.4) is 0 Å². The first-order valence-corrected chi connectivity index (χ1v) is 6.41. The van der Waals surface area contributed by atoms with Gasteiger partial charge in [-0.2, -0.15) is 4.37 Å². The highest BCUT2D eigenvalue weighted by Gasteiger charge is 2.19. The average Bonchev–Trinajstić information content (AvgIpc) is 3.04. The highest BCUT2D eigenvalue weighted by Crippen LogP contribution is 2.27. The predicted octanol–water partition coefficient (Wildman–Crippen LogP) is 0.606. The van der Waals surface area contributed by atoms with Crippen LogP contribution in [0.1, 0.15) is 16.8 Å². The maximum Gasteiger partial charge on any atom is 0.344 e. The van der Waals surface area contributed by atoms with E-state index in [4.69, 9.17) is 5.73 Å². The molecule has 9 heteroatoms. The molecule has 0 fully saturated rings. The lowest BCUT2D eigenvalue weighted by atomic mass is 10.3. The van der Waals surface area contributed by atoms with Crippen molar-refractivity contribution < 1.29 is 9.53 Å². The van der Waals surface area contributed by atoms with Crippen LogP contribution in [0, 0.1) is 0 Å². The fourth-order valence-electron chi connectivity index (χ4n) is 1.52. The van der Waals surface area contributed by atoms with Crippen molar-refractivity contribution in [1.29, 1.82) is 0 Å². The summed E-state index contributed by atoms with van der Waals surface area (Å²) in [6.45, 7) is 1.42. The molecular formula is C10H14N6O2S. The molecule has 2 aromatic rings. The van der Waals surface area contributed by atoms with E-state index in [1.165, 1.54) is 7.11 Å². The lowest BCUT2D eigenvalue weighted by molar-refractivity contribution is 0.0603. The zero-order valence-corrected chi connectivity index (χ0v) is 11.2. The number of nitrogens with two attached hydrogens (primary N) is 1. The molecule has 2 rings (SSSR count). The van der Waals surface area contributed by atoms with Crippen LogP contribution in [0.5, 0.6) is 0 Å². The number of aromatic nitrogens is 4. The number of nitrogens with one attached hydrogen (secondary N) is 1. The Morgan fingerprint density at radius 3 is 3.16 bits per heavy atom. The maximum atomic E-state index is 11.5. The summed E-state index contributed by atoms with van der Waals surface area (Å²) in [5, 5.41) is 11.3. The van der Waals surface area contributed by atoms with Crippen LogP contribution in [0.15, 0.2) is 12.4 Å². The molecular weight excluding hydrogens is 268 g/mol. The molecule has 0 atom stereocenters. The van der Waals surface area contributed by atoms with Gasteiger partial charge in [0.15, 0.2) is 5.82 Å². The van der Waals surface area contributed by atoms with Crippen molar-refractivity contribution in [2.45, 2.75) is 13.0 Å². The number of nitrogen functional groups attached to an aromatic ring is 1. The van der Waals surface area contributed by atoms with Gasteiger partial charge >= 0.3 is 5.97 Å². The molecule has 2 aromatic heterocycles. The molecule has 0 radical (unpaired) electrons. The van der Waals surface area contributed by atoms with Gasteiger partial charge < -0.3 is 15.8 Å². The number of anilines is 2. The van der Waals surface area contributed by atoms with Crippen LogP contribution in [-0.2, 0) is 11.3 Å². The van der Waals surface area contributed by atoms with Crippen LogP contribution in [0.4, 0.5) is 10.8 Å². The lowest BCUT2D eigenvalue weighted by Crippen LogP contribution is -2.10. The van der Waals surface area contributed by atoms with Gasteiger partial charge in [-0.15, -0.1) is 5.10 Å². The quantitative estimate of drug-likeness (QED) is 0.590.